The fraction of sp³-hybridized carbons (Fsp3) is 0.909. The Morgan fingerprint density at radius 2 is 1.20 bits per heavy atom. The molecule has 1 N–H and O–H groups in total. The van der Waals surface area contributed by atoms with Gasteiger partial charge < -0.3 is 24.3 Å². The minimum absolute atomic E-state index is 0.215. The van der Waals surface area contributed by atoms with Crippen molar-refractivity contribution in [3.05, 3.63) is 0 Å². The molecule has 0 saturated heterocycles. The smallest absolute Gasteiger partial charge is 0.184 e. The number of hydroxylamine groups is 2. The number of hydrogen-bond donors (Lipinski definition) is 1. The molecule has 178 valence electrons. The molecule has 0 aromatic rings. The normalized spacial score (nSPS) is 15.7. The average Bonchev–Trinajstić information content (AvgIpc) is 2.77. The third-order valence-corrected chi connectivity index (χ3v) is 7.01. The lowest BCUT2D eigenvalue weighted by Gasteiger charge is -2.33. The number of unbranched alkanes of at least 4 members (excludes halogenated alkanes) is 2. The molecule has 6 nitrogen and oxygen atoms in total. The molecule has 0 spiro atoms. The molecule has 8 heteroatoms. The quantitative estimate of drug-likeness (QED) is 0.126. The number of carbonyl (C=O) groups is 2. The zero-order valence-electron chi connectivity index (χ0n) is 19.3. The number of thioether (sulfide) groups is 2. The van der Waals surface area contributed by atoms with Gasteiger partial charge in [0.05, 0.1) is 24.7 Å². The van der Waals surface area contributed by atoms with Gasteiger partial charge >= 0.3 is 0 Å². The van der Waals surface area contributed by atoms with E-state index in [4.69, 9.17) is 9.47 Å². The van der Waals surface area contributed by atoms with Crippen LogP contribution in [0, 0.1) is 11.8 Å². The summed E-state index contributed by atoms with van der Waals surface area (Å²) >= 11 is 2.45. The minimum atomic E-state index is -0.717. The summed E-state index contributed by atoms with van der Waals surface area (Å²) in [6.45, 7) is 9.65. The van der Waals surface area contributed by atoms with Gasteiger partial charge in [0.1, 0.15) is 12.6 Å². The van der Waals surface area contributed by atoms with Crippen LogP contribution in [-0.2, 0) is 19.1 Å². The van der Waals surface area contributed by atoms with Crippen molar-refractivity contribution < 1.29 is 24.3 Å². The van der Waals surface area contributed by atoms with Crippen molar-refractivity contribution >= 4 is 36.1 Å². The molecule has 30 heavy (non-hydrogen) atoms. The maximum atomic E-state index is 10.9. The third-order valence-electron chi connectivity index (χ3n) is 5.08. The van der Waals surface area contributed by atoms with Gasteiger partial charge in [0, 0.05) is 0 Å². The van der Waals surface area contributed by atoms with Crippen LogP contribution in [0.25, 0.3) is 0 Å². The monoisotopic (exact) mass is 465 g/mol. The van der Waals surface area contributed by atoms with Gasteiger partial charge in [-0.05, 0) is 24.7 Å². The number of carbonyl (C=O) groups excluding carboxylic acids is 2. The molecule has 0 saturated carbocycles. The maximum Gasteiger partial charge on any atom is 0.184 e. The molecule has 0 aliphatic carbocycles. The van der Waals surface area contributed by atoms with Crippen molar-refractivity contribution in [1.29, 1.82) is 0 Å². The van der Waals surface area contributed by atoms with Crippen LogP contribution < -0.4 is 0 Å². The summed E-state index contributed by atoms with van der Waals surface area (Å²) in [6.07, 6.45) is 10.4. The summed E-state index contributed by atoms with van der Waals surface area (Å²) < 4.78 is 12.0. The Hall–Kier alpha value is -0.120. The van der Waals surface area contributed by atoms with Gasteiger partial charge in [0.25, 0.3) is 0 Å². The second kappa shape index (κ2) is 20.8. The van der Waals surface area contributed by atoms with Crippen molar-refractivity contribution in [2.45, 2.75) is 90.2 Å². The highest BCUT2D eigenvalue weighted by molar-refractivity contribution is 8.01. The second-order valence-electron chi connectivity index (χ2n) is 7.49. The lowest BCUT2D eigenvalue weighted by atomic mass is 10.0. The number of hydrogen-bond acceptors (Lipinski definition) is 8. The number of nitrogens with zero attached hydrogens (tertiary/aromatic N) is 1. The number of rotatable bonds is 22. The van der Waals surface area contributed by atoms with Crippen LogP contribution in [-0.4, -0.2) is 58.7 Å². The number of aldehydes is 2. The molecule has 0 aromatic heterocycles. The van der Waals surface area contributed by atoms with Crippen LogP contribution >= 0.6 is 23.5 Å². The van der Waals surface area contributed by atoms with E-state index in [1.807, 2.05) is 0 Å². The lowest BCUT2D eigenvalue weighted by molar-refractivity contribution is -0.241. The van der Waals surface area contributed by atoms with Crippen LogP contribution in [0.1, 0.15) is 79.1 Å². The Morgan fingerprint density at radius 3 is 1.50 bits per heavy atom. The van der Waals surface area contributed by atoms with E-state index >= 15 is 0 Å². The van der Waals surface area contributed by atoms with E-state index in [9.17, 15) is 14.8 Å². The molecule has 0 heterocycles. The SMILES string of the molecule is CCCCC(CC)COC(SCC=O)N(O)C(OCC(CC)CCCC)SCC=O. The van der Waals surface area contributed by atoms with Crippen molar-refractivity contribution in [2.75, 3.05) is 24.7 Å². The standard InChI is InChI=1S/C22H43NO5S2/c1-5-9-11-19(7-3)17-27-21(29-15-13-24)23(26)22(30-16-14-25)28-18-20(8-4)12-10-6-2/h13-14,19-22,26H,5-12,15-18H2,1-4H3. The molecule has 0 bridgehead atoms. The Kier molecular flexibility index (Phi) is 20.7. The third kappa shape index (κ3) is 14.0. The Bertz CT molecular complexity index is 381. The largest absolute Gasteiger partial charge is 0.351 e. The highest BCUT2D eigenvalue weighted by Crippen LogP contribution is 2.27. The Balaban J connectivity index is 5.02. The first kappa shape index (κ1) is 29.9. The van der Waals surface area contributed by atoms with Crippen molar-refractivity contribution in [1.82, 2.24) is 5.06 Å². The topological polar surface area (TPSA) is 76.1 Å². The van der Waals surface area contributed by atoms with Crippen LogP contribution in [0.5, 0.6) is 0 Å². The minimum Gasteiger partial charge on any atom is -0.351 e. The van der Waals surface area contributed by atoms with Crippen LogP contribution in [0.15, 0.2) is 0 Å². The second-order valence-corrected chi connectivity index (χ2v) is 9.63. The first-order valence-corrected chi connectivity index (χ1v) is 13.5. The molecular weight excluding hydrogens is 422 g/mol. The summed E-state index contributed by atoms with van der Waals surface area (Å²) in [7, 11) is 0. The van der Waals surface area contributed by atoms with Crippen molar-refractivity contribution in [2.24, 2.45) is 11.8 Å². The molecule has 0 radical (unpaired) electrons. The molecule has 0 aromatic carbocycles. The summed E-state index contributed by atoms with van der Waals surface area (Å²) in [4.78, 5) is 21.8. The molecule has 0 fully saturated rings. The molecule has 0 aliphatic rings. The first-order chi connectivity index (χ1) is 14.6. The summed E-state index contributed by atoms with van der Waals surface area (Å²) in [5.41, 5.74) is -1.43. The van der Waals surface area contributed by atoms with Crippen LogP contribution in [0.4, 0.5) is 0 Å². The maximum absolute atomic E-state index is 10.9. The van der Waals surface area contributed by atoms with Gasteiger partial charge in [-0.1, -0.05) is 66.2 Å². The lowest BCUT2D eigenvalue weighted by Crippen LogP contribution is -2.42. The highest BCUT2D eigenvalue weighted by atomic mass is 32.2. The predicted octanol–water partition coefficient (Wildman–Crippen LogP) is 5.58. The van der Waals surface area contributed by atoms with Crippen molar-refractivity contribution in [3.8, 4) is 0 Å². The van der Waals surface area contributed by atoms with Crippen LogP contribution in [0.2, 0.25) is 0 Å². The van der Waals surface area contributed by atoms with Gasteiger partial charge in [-0.25, -0.2) is 0 Å². The zero-order chi connectivity index (χ0) is 22.6. The highest BCUT2D eigenvalue weighted by Gasteiger charge is 2.28. The predicted molar refractivity (Wildman–Crippen MR) is 127 cm³/mol. The summed E-state index contributed by atoms with van der Waals surface area (Å²) in [5, 5.41) is 11.9. The van der Waals surface area contributed by atoms with E-state index in [-0.39, 0.29) is 11.5 Å². The molecule has 0 rings (SSSR count). The fourth-order valence-corrected chi connectivity index (χ4v) is 4.42. The molecular formula is C22H43NO5S2. The zero-order valence-corrected chi connectivity index (χ0v) is 20.9. The molecule has 4 unspecified atom stereocenters. The van der Waals surface area contributed by atoms with Gasteiger partial charge in [0.15, 0.2) is 11.1 Å². The van der Waals surface area contributed by atoms with E-state index in [1.165, 1.54) is 23.5 Å². The van der Waals surface area contributed by atoms with Crippen LogP contribution in [0.3, 0.4) is 0 Å². The van der Waals surface area contributed by atoms with E-state index < -0.39 is 11.1 Å². The van der Waals surface area contributed by atoms with E-state index in [1.54, 1.807) is 0 Å². The van der Waals surface area contributed by atoms with Gasteiger partial charge in [0.2, 0.25) is 0 Å². The van der Waals surface area contributed by atoms with E-state index in [0.717, 1.165) is 69.0 Å². The summed E-state index contributed by atoms with van der Waals surface area (Å²) in [6, 6.07) is 0. The Morgan fingerprint density at radius 1 is 0.800 bits per heavy atom. The fourth-order valence-electron chi connectivity index (χ4n) is 2.98. The van der Waals surface area contributed by atoms with Gasteiger partial charge in [-0.15, -0.1) is 28.6 Å². The summed E-state index contributed by atoms with van der Waals surface area (Å²) in [5.74, 6) is 1.26. The molecule has 0 amide bonds. The Labute approximate surface area is 192 Å². The van der Waals surface area contributed by atoms with E-state index in [0.29, 0.717) is 25.0 Å². The van der Waals surface area contributed by atoms with E-state index in [2.05, 4.69) is 27.7 Å². The molecule has 4 atom stereocenters. The van der Waals surface area contributed by atoms with Crippen molar-refractivity contribution in [3.63, 3.8) is 0 Å². The van der Waals surface area contributed by atoms with Gasteiger partial charge in [-0.2, -0.15) is 0 Å². The average molecular weight is 466 g/mol. The molecule has 0 aliphatic heterocycles. The first-order valence-electron chi connectivity index (χ1n) is 11.4. The number of ether oxygens (including phenoxy) is 2. The van der Waals surface area contributed by atoms with Gasteiger partial charge in [-0.3, -0.25) is 0 Å².